The lowest BCUT2D eigenvalue weighted by molar-refractivity contribution is 0.101. The molecule has 4 N–H and O–H groups in total. The molecule has 0 saturated carbocycles. The highest BCUT2D eigenvalue weighted by Crippen LogP contribution is 2.40. The van der Waals surface area contributed by atoms with Gasteiger partial charge in [-0.05, 0) is 217 Å². The van der Waals surface area contributed by atoms with Crippen molar-refractivity contribution in [3.63, 3.8) is 0 Å². The average molecular weight is 2010 g/mol. The first-order chi connectivity index (χ1) is 66.1. The quantitative estimate of drug-likeness (QED) is 0.0698. The number of aromatic nitrogens is 5. The number of nitrogens with one attached hydrogen (secondary N) is 4. The number of carbonyl (C=O) groups is 4. The third-order valence-electron chi connectivity index (χ3n) is 22.3. The number of pyridine rings is 5. The van der Waals surface area contributed by atoms with Gasteiger partial charge in [0.1, 0.15) is 26.9 Å². The Labute approximate surface area is 812 Å². The average Bonchev–Trinajstić information content (AvgIpc) is 1.01. The van der Waals surface area contributed by atoms with Crippen LogP contribution in [0, 0.1) is 0 Å². The van der Waals surface area contributed by atoms with Crippen molar-refractivity contribution in [2.45, 2.75) is 0 Å². The van der Waals surface area contributed by atoms with Crippen LogP contribution >= 0.6 is 58.0 Å². The Morgan fingerprint density at radius 3 is 1.04 bits per heavy atom. The topological polar surface area (TPSA) is 367 Å². The minimum absolute atomic E-state index is 0.0375. The fraction of sp³-hybridized carbons (Fsp3) is 0.121. The van der Waals surface area contributed by atoms with Gasteiger partial charge in [-0.25, -0.2) is 55.9 Å². The fourth-order valence-corrected chi connectivity index (χ4v) is 21.2. The van der Waals surface area contributed by atoms with Crippen LogP contribution in [0.1, 0.15) is 41.4 Å². The number of anilines is 8. The molecule has 0 bridgehead atoms. The Morgan fingerprint density at radius 2 is 0.628 bits per heavy atom. The SMILES string of the molecule is O=C(Nc1ccc(Cl)c(-c2ccc3ccccc3n2)c1)c1ccc(N2COCCS2(=O)=O)cc1.O=C(Nc1ccc(Cl)c(-c2nccc3ccccc23)c1)c1ccc(N2COCCS2(=O)=O)cc1.O=C(Nc1ccc(Cl)c(-c2nccc3ccccc23)c1)c1ccc(N2COCCS2(=O)=O)cc1Cl.O=C(Nc1ccc(Cl)c(-c2nccc3ncccc23)c1)c1ccc(N2COCCS2(=O)=O)cc1. The van der Waals surface area contributed by atoms with E-state index in [-0.39, 0.29) is 105 Å². The van der Waals surface area contributed by atoms with Crippen molar-refractivity contribution in [2.75, 3.05) is 115 Å². The molecule has 20 rings (SSSR count). The monoisotopic (exact) mass is 2010 g/mol. The Hall–Kier alpha value is -13.6. The van der Waals surface area contributed by atoms with E-state index in [0.29, 0.717) is 122 Å². The molecule has 694 valence electrons. The van der Waals surface area contributed by atoms with Crippen molar-refractivity contribution in [1.29, 1.82) is 0 Å². The van der Waals surface area contributed by atoms with Crippen LogP contribution in [0.4, 0.5) is 45.5 Å². The van der Waals surface area contributed by atoms with Crippen LogP contribution in [0.3, 0.4) is 0 Å². The summed E-state index contributed by atoms with van der Waals surface area (Å²) in [6, 6.07) is 81.1. The highest BCUT2D eigenvalue weighted by atomic mass is 35.5. The van der Waals surface area contributed by atoms with E-state index < -0.39 is 46.0 Å². The van der Waals surface area contributed by atoms with Crippen LogP contribution in [0.15, 0.2) is 304 Å². The number of carbonyl (C=O) groups excluding carboxylic acids is 4. The van der Waals surface area contributed by atoms with E-state index in [1.54, 1.807) is 170 Å². The number of amides is 4. The normalized spacial score (nSPS) is 15.2. The minimum Gasteiger partial charge on any atom is -0.359 e. The highest BCUT2D eigenvalue weighted by molar-refractivity contribution is 7.93. The van der Waals surface area contributed by atoms with Crippen LogP contribution in [0.2, 0.25) is 25.1 Å². The summed E-state index contributed by atoms with van der Waals surface area (Å²) in [6.07, 6.45) is 6.83. The van der Waals surface area contributed by atoms with Gasteiger partial charge in [0.25, 0.3) is 23.6 Å². The van der Waals surface area contributed by atoms with Crippen molar-refractivity contribution in [3.05, 3.63) is 351 Å². The molecule has 0 unspecified atom stereocenters. The molecule has 5 aromatic heterocycles. The highest BCUT2D eigenvalue weighted by Gasteiger charge is 2.32. The zero-order valence-electron chi connectivity index (χ0n) is 71.9. The van der Waals surface area contributed by atoms with Crippen LogP contribution in [-0.2, 0) is 59.0 Å². The standard InChI is InChI=1S/C25H19Cl2N3O4S.2C25H20ClN3O4S.C24H19ClN4O4S/c26-22-8-5-17(13-21(22)24-19-4-2-1-3-16(19)9-10-28-24)29-25(31)20-7-6-18(14-23(20)27)30-15-34-11-12-35(30,32)33;26-22-11-8-19(15-21(22)24-12-7-17-3-1-2-4-23(17)28-24)27-25(30)18-5-9-20(10-6-18)29-16-33-13-14-34(29,31)32;26-23-10-7-19(15-22(23)24-21-4-2-1-3-17(21)11-12-27-24)28-25(30)18-5-8-20(9-6-18)29-16-33-13-14-34(29,31)32;25-21-8-5-17(14-20(21)23-19-2-1-10-26-22(19)9-11-27-23)28-24(30)16-3-6-18(7-4-16)29-15-33-12-13-34(29,31)32/h1-10,13-14H,11-12,15H2,(H,29,31);1-12,15H,13-14,16H2,(H,27,30);1-12,15H,13-14,16H2,(H,28,30);1-11,14H,12-13,15H2,(H,28,30). The van der Waals surface area contributed by atoms with Crippen molar-refractivity contribution in [1.82, 2.24) is 24.9 Å². The zero-order chi connectivity index (χ0) is 95.7. The van der Waals surface area contributed by atoms with Gasteiger partial charge in [-0.1, -0.05) is 131 Å². The maximum atomic E-state index is 13.0. The van der Waals surface area contributed by atoms with E-state index in [4.69, 9.17) is 77.0 Å². The molecule has 137 heavy (non-hydrogen) atoms. The third-order valence-corrected chi connectivity index (χ3v) is 30.6. The number of halogens is 5. The van der Waals surface area contributed by atoms with Crippen molar-refractivity contribution in [3.8, 4) is 45.0 Å². The fourth-order valence-electron chi connectivity index (χ4n) is 15.2. The summed E-state index contributed by atoms with van der Waals surface area (Å²) >= 11 is 32.2. The van der Waals surface area contributed by atoms with Gasteiger partial charge in [0.2, 0.25) is 40.1 Å². The van der Waals surface area contributed by atoms with E-state index >= 15 is 0 Å². The van der Waals surface area contributed by atoms with Gasteiger partial charge in [0.15, 0.2) is 0 Å². The lowest BCUT2D eigenvalue weighted by atomic mass is 10.0. The Balaban J connectivity index is 0.000000127. The molecule has 0 radical (unpaired) electrons. The van der Waals surface area contributed by atoms with Crippen LogP contribution in [0.5, 0.6) is 0 Å². The maximum Gasteiger partial charge on any atom is 0.257 e. The molecule has 0 spiro atoms. The zero-order valence-corrected chi connectivity index (χ0v) is 79.0. The lowest BCUT2D eigenvalue weighted by Crippen LogP contribution is -2.41. The Kier molecular flexibility index (Phi) is 28.8. The van der Waals surface area contributed by atoms with Crippen LogP contribution in [0.25, 0.3) is 88.4 Å². The second-order valence-electron chi connectivity index (χ2n) is 31.1. The number of nitrogens with zero attached hydrogens (tertiary/aromatic N) is 9. The Morgan fingerprint density at radius 1 is 0.285 bits per heavy atom. The molecule has 0 atom stereocenters. The molecule has 16 aromatic rings. The first-order valence-electron chi connectivity index (χ1n) is 42.2. The van der Waals surface area contributed by atoms with Crippen molar-refractivity contribution < 1.29 is 71.8 Å². The summed E-state index contributed by atoms with van der Waals surface area (Å²) in [7, 11) is -13.8. The first kappa shape index (κ1) is 95.1. The molecule has 4 aliphatic rings. The van der Waals surface area contributed by atoms with E-state index in [0.717, 1.165) is 53.3 Å². The van der Waals surface area contributed by atoms with Gasteiger partial charge >= 0.3 is 0 Å². The van der Waals surface area contributed by atoms with E-state index in [1.165, 1.54) is 31.1 Å². The molecule has 29 nitrogen and oxygen atoms in total. The molecule has 4 amide bonds. The first-order valence-corrected chi connectivity index (χ1v) is 50.5. The molecule has 9 heterocycles. The number of hydrogen-bond acceptors (Lipinski definition) is 21. The van der Waals surface area contributed by atoms with Crippen molar-refractivity contribution in [2.24, 2.45) is 0 Å². The molecular weight excluding hydrogens is 1930 g/mol. The summed E-state index contributed by atoms with van der Waals surface area (Å²) in [5.74, 6) is -1.77. The number of ether oxygens (including phenoxy) is 4. The predicted octanol–water partition coefficient (Wildman–Crippen LogP) is 19.8. The number of para-hydroxylation sites is 1. The number of benzene rings is 11. The lowest BCUT2D eigenvalue weighted by Gasteiger charge is -2.28. The van der Waals surface area contributed by atoms with Crippen LogP contribution in [-0.4, -0.2) is 159 Å². The molecule has 0 aliphatic carbocycles. The number of rotatable bonds is 16. The molecule has 4 aliphatic heterocycles. The van der Waals surface area contributed by atoms with Gasteiger partial charge < -0.3 is 40.2 Å². The number of hydrogen-bond donors (Lipinski definition) is 4. The summed E-state index contributed by atoms with van der Waals surface area (Å²) < 4.78 is 124. The predicted molar refractivity (Wildman–Crippen MR) is 537 cm³/mol. The van der Waals surface area contributed by atoms with Crippen LogP contribution < -0.4 is 38.5 Å². The Bertz CT molecular complexity index is 7620. The van der Waals surface area contributed by atoms with Gasteiger partial charge in [0.05, 0.1) is 137 Å². The van der Waals surface area contributed by atoms with E-state index in [9.17, 15) is 52.8 Å². The van der Waals surface area contributed by atoms with E-state index in [1.807, 2.05) is 115 Å². The smallest absolute Gasteiger partial charge is 0.257 e. The largest absolute Gasteiger partial charge is 0.359 e. The second-order valence-corrected chi connectivity index (χ2v) is 41.2. The summed E-state index contributed by atoms with van der Waals surface area (Å²) in [5, 5.41) is 19.4. The number of fused-ring (bicyclic) bond motifs is 4. The molecule has 4 saturated heterocycles. The molecular formula is C99H78Cl5N13O16S4. The third kappa shape index (κ3) is 21.9. The molecule has 4 fully saturated rings. The second kappa shape index (κ2) is 41.5. The summed E-state index contributed by atoms with van der Waals surface area (Å²) in [5.41, 5.74) is 12.4. The number of sulfonamides is 4. The molecule has 38 heteroatoms. The van der Waals surface area contributed by atoms with Gasteiger partial charge in [-0.3, -0.25) is 39.1 Å². The minimum atomic E-state index is -3.50. The van der Waals surface area contributed by atoms with Crippen molar-refractivity contribution >= 4 is 211 Å². The summed E-state index contributed by atoms with van der Waals surface area (Å²) in [4.78, 5) is 74.1. The van der Waals surface area contributed by atoms with Gasteiger partial charge in [0, 0.05) is 108 Å². The maximum absolute atomic E-state index is 13.0. The van der Waals surface area contributed by atoms with Gasteiger partial charge in [-0.15, -0.1) is 0 Å². The van der Waals surface area contributed by atoms with E-state index in [2.05, 4.69) is 46.2 Å². The van der Waals surface area contributed by atoms with Gasteiger partial charge in [-0.2, -0.15) is 0 Å². The summed E-state index contributed by atoms with van der Waals surface area (Å²) in [6.45, 7) is 0.457. The molecule has 11 aromatic carbocycles.